The smallest absolute Gasteiger partial charge is 0.328 e. The van der Waals surface area contributed by atoms with Crippen LogP contribution in [-0.4, -0.2) is 72.5 Å². The van der Waals surface area contributed by atoms with Crippen LogP contribution in [0.1, 0.15) is 26.0 Å². The van der Waals surface area contributed by atoms with Crippen molar-refractivity contribution in [1.29, 1.82) is 0 Å². The minimum Gasteiger partial charge on any atom is -0.467 e. The molecule has 1 saturated heterocycles. The van der Waals surface area contributed by atoms with E-state index >= 15 is 0 Å². The van der Waals surface area contributed by atoms with Crippen molar-refractivity contribution in [2.45, 2.75) is 32.9 Å². The first kappa shape index (κ1) is 20.3. The van der Waals surface area contributed by atoms with E-state index in [1.807, 2.05) is 38.2 Å². The molecule has 1 amide bonds. The minimum absolute atomic E-state index is 0.126. The van der Waals surface area contributed by atoms with Crippen LogP contribution in [0.4, 0.5) is 0 Å². The van der Waals surface area contributed by atoms with Crippen molar-refractivity contribution in [1.82, 2.24) is 20.1 Å². The van der Waals surface area contributed by atoms with Gasteiger partial charge in [0.1, 0.15) is 6.04 Å². The van der Waals surface area contributed by atoms with Crippen LogP contribution in [0, 0.1) is 5.92 Å². The van der Waals surface area contributed by atoms with Gasteiger partial charge in [-0.3, -0.25) is 19.6 Å². The van der Waals surface area contributed by atoms with Crippen LogP contribution in [0.2, 0.25) is 0 Å². The highest BCUT2D eigenvalue weighted by Crippen LogP contribution is 2.08. The molecule has 1 unspecified atom stereocenters. The molecule has 144 valence electrons. The lowest BCUT2D eigenvalue weighted by Gasteiger charge is -2.34. The highest BCUT2D eigenvalue weighted by atomic mass is 16.5. The monoisotopic (exact) mass is 362 g/mol. The Bertz CT molecular complexity index is 571. The van der Waals surface area contributed by atoms with Crippen LogP contribution in [0.3, 0.4) is 0 Å². The Morgan fingerprint density at radius 3 is 2.46 bits per heavy atom. The molecule has 0 radical (unpaired) electrons. The average Bonchev–Trinajstić information content (AvgIpc) is 2.62. The Hall–Kier alpha value is -1.99. The molecule has 2 rings (SSSR count). The molecule has 0 aromatic carbocycles. The molecule has 1 fully saturated rings. The molecule has 1 N–H and O–H groups in total. The Labute approximate surface area is 155 Å². The number of carbonyl (C=O) groups is 2. The number of ether oxygens (including phenoxy) is 1. The summed E-state index contributed by atoms with van der Waals surface area (Å²) in [5.74, 6) is -0.207. The molecule has 2 heterocycles. The summed E-state index contributed by atoms with van der Waals surface area (Å²) >= 11 is 0. The highest BCUT2D eigenvalue weighted by molar-refractivity contribution is 5.85. The fourth-order valence-corrected chi connectivity index (χ4v) is 3.10. The molecule has 1 aromatic rings. The summed E-state index contributed by atoms with van der Waals surface area (Å²) in [5, 5.41) is 2.82. The van der Waals surface area contributed by atoms with Crippen LogP contribution in [0.15, 0.2) is 24.4 Å². The summed E-state index contributed by atoms with van der Waals surface area (Å²) < 4.78 is 4.79. The third kappa shape index (κ3) is 6.72. The third-order valence-electron chi connectivity index (χ3n) is 4.47. The van der Waals surface area contributed by atoms with E-state index in [-0.39, 0.29) is 11.9 Å². The third-order valence-corrected chi connectivity index (χ3v) is 4.47. The number of esters is 1. The van der Waals surface area contributed by atoms with Gasteiger partial charge in [0.05, 0.1) is 19.3 Å². The number of methoxy groups -OCH3 is 1. The number of carbonyl (C=O) groups excluding carboxylic acids is 2. The first-order chi connectivity index (χ1) is 12.5. The highest BCUT2D eigenvalue weighted by Gasteiger charge is 2.24. The predicted octanol–water partition coefficient (Wildman–Crippen LogP) is 0.903. The van der Waals surface area contributed by atoms with Crippen molar-refractivity contribution >= 4 is 11.9 Å². The number of hydrogen-bond acceptors (Lipinski definition) is 6. The molecule has 26 heavy (non-hydrogen) atoms. The molecular formula is C19H30N4O3. The topological polar surface area (TPSA) is 74.8 Å². The van der Waals surface area contributed by atoms with E-state index in [9.17, 15) is 9.59 Å². The van der Waals surface area contributed by atoms with Gasteiger partial charge in [-0.1, -0.05) is 19.9 Å². The van der Waals surface area contributed by atoms with Gasteiger partial charge in [-0.25, -0.2) is 4.79 Å². The van der Waals surface area contributed by atoms with Gasteiger partial charge >= 0.3 is 5.97 Å². The molecule has 0 bridgehead atoms. The zero-order valence-corrected chi connectivity index (χ0v) is 16.0. The average molecular weight is 362 g/mol. The van der Waals surface area contributed by atoms with Crippen LogP contribution in [0.5, 0.6) is 0 Å². The summed E-state index contributed by atoms with van der Waals surface area (Å²) in [6, 6.07) is 5.37. The molecular weight excluding hydrogens is 332 g/mol. The number of piperazine rings is 1. The van der Waals surface area contributed by atoms with E-state index in [0.717, 1.165) is 38.4 Å². The van der Waals surface area contributed by atoms with E-state index in [4.69, 9.17) is 4.74 Å². The van der Waals surface area contributed by atoms with Gasteiger partial charge in [0.2, 0.25) is 5.91 Å². The summed E-state index contributed by atoms with van der Waals surface area (Å²) in [4.78, 5) is 33.0. The lowest BCUT2D eigenvalue weighted by Crippen LogP contribution is -2.51. The number of nitrogens with one attached hydrogen (secondary N) is 1. The Morgan fingerprint density at radius 1 is 1.19 bits per heavy atom. The van der Waals surface area contributed by atoms with Gasteiger partial charge in [0, 0.05) is 38.9 Å². The molecule has 1 aliphatic rings. The molecule has 7 heteroatoms. The molecule has 1 aliphatic heterocycles. The van der Waals surface area contributed by atoms with Crippen molar-refractivity contribution in [3.63, 3.8) is 0 Å². The molecule has 0 aliphatic carbocycles. The maximum atomic E-state index is 12.3. The lowest BCUT2D eigenvalue weighted by molar-refractivity contribution is -0.145. The van der Waals surface area contributed by atoms with Crippen LogP contribution in [-0.2, 0) is 20.9 Å². The molecule has 1 atom stereocenters. The second-order valence-corrected chi connectivity index (χ2v) is 7.15. The molecule has 0 saturated carbocycles. The number of hydrogen-bond donors (Lipinski definition) is 1. The number of nitrogens with zero attached hydrogens (tertiary/aromatic N) is 3. The number of pyridine rings is 1. The Kier molecular flexibility index (Phi) is 8.00. The summed E-state index contributed by atoms with van der Waals surface area (Å²) in [6.45, 7) is 8.63. The lowest BCUT2D eigenvalue weighted by atomic mass is 10.0. The Balaban J connectivity index is 1.75. The summed E-state index contributed by atoms with van der Waals surface area (Å²) in [7, 11) is 1.35. The molecule has 7 nitrogen and oxygen atoms in total. The maximum absolute atomic E-state index is 12.3. The van der Waals surface area contributed by atoms with Gasteiger partial charge < -0.3 is 10.1 Å². The normalized spacial score (nSPS) is 17.1. The number of rotatable bonds is 8. The van der Waals surface area contributed by atoms with E-state index < -0.39 is 6.04 Å². The number of aromatic nitrogens is 1. The van der Waals surface area contributed by atoms with Crippen molar-refractivity contribution in [2.75, 3.05) is 39.8 Å². The predicted molar refractivity (Wildman–Crippen MR) is 99.4 cm³/mol. The van der Waals surface area contributed by atoms with Gasteiger partial charge in [-0.05, 0) is 24.5 Å². The quantitative estimate of drug-likeness (QED) is 0.693. The van der Waals surface area contributed by atoms with E-state index in [1.54, 1.807) is 0 Å². The van der Waals surface area contributed by atoms with Gasteiger partial charge in [-0.15, -0.1) is 0 Å². The van der Waals surface area contributed by atoms with E-state index in [2.05, 4.69) is 20.1 Å². The van der Waals surface area contributed by atoms with Crippen molar-refractivity contribution in [3.05, 3.63) is 30.1 Å². The molecule has 0 spiro atoms. The summed E-state index contributed by atoms with van der Waals surface area (Å²) in [6.07, 6.45) is 2.39. The van der Waals surface area contributed by atoms with Crippen molar-refractivity contribution < 1.29 is 14.3 Å². The van der Waals surface area contributed by atoms with Gasteiger partial charge in [0.15, 0.2) is 0 Å². The van der Waals surface area contributed by atoms with Crippen LogP contribution < -0.4 is 5.32 Å². The minimum atomic E-state index is -0.571. The second-order valence-electron chi connectivity index (χ2n) is 7.15. The zero-order valence-electron chi connectivity index (χ0n) is 16.0. The first-order valence-corrected chi connectivity index (χ1v) is 9.19. The van der Waals surface area contributed by atoms with E-state index in [0.29, 0.717) is 18.9 Å². The fourth-order valence-electron chi connectivity index (χ4n) is 3.10. The first-order valence-electron chi connectivity index (χ1n) is 9.19. The summed E-state index contributed by atoms with van der Waals surface area (Å²) in [5.41, 5.74) is 1.06. The van der Waals surface area contributed by atoms with Gasteiger partial charge in [-0.2, -0.15) is 0 Å². The van der Waals surface area contributed by atoms with Crippen LogP contribution >= 0.6 is 0 Å². The zero-order chi connectivity index (χ0) is 18.9. The second kappa shape index (κ2) is 10.2. The fraction of sp³-hybridized carbons (Fsp3) is 0.632. The maximum Gasteiger partial charge on any atom is 0.328 e. The van der Waals surface area contributed by atoms with Gasteiger partial charge in [0.25, 0.3) is 0 Å². The Morgan fingerprint density at radius 2 is 1.88 bits per heavy atom. The SMILES string of the molecule is COC(=O)C(CC(C)C)NC(=O)CN1CCN(Cc2ccccn2)CC1. The van der Waals surface area contributed by atoms with Crippen molar-refractivity contribution in [2.24, 2.45) is 5.92 Å². The standard InChI is InChI=1S/C19H30N4O3/c1-15(2)12-17(19(25)26-3)21-18(24)14-23-10-8-22(9-11-23)13-16-6-4-5-7-20-16/h4-7,15,17H,8-14H2,1-3H3,(H,21,24). The largest absolute Gasteiger partial charge is 0.467 e. The van der Waals surface area contributed by atoms with Crippen LogP contribution in [0.25, 0.3) is 0 Å². The van der Waals surface area contributed by atoms with E-state index in [1.165, 1.54) is 7.11 Å². The number of amides is 1. The molecule has 1 aromatic heterocycles. The van der Waals surface area contributed by atoms with Crippen molar-refractivity contribution in [3.8, 4) is 0 Å².